The number of carbonyl (C=O) groups is 2. The number of thioether (sulfide) groups is 1. The average molecular weight is 419 g/mol. The Kier molecular flexibility index (Phi) is 5.77. The van der Waals surface area contributed by atoms with Gasteiger partial charge in [-0.1, -0.05) is 30.3 Å². The van der Waals surface area contributed by atoms with Crippen molar-refractivity contribution in [2.24, 2.45) is 0 Å². The van der Waals surface area contributed by atoms with E-state index in [1.54, 1.807) is 23.8 Å². The monoisotopic (exact) mass is 418 g/mol. The Morgan fingerprint density at radius 2 is 1.83 bits per heavy atom. The first kappa shape index (κ1) is 20.0. The lowest BCUT2D eigenvalue weighted by molar-refractivity contribution is -0.115. The lowest BCUT2D eigenvalue weighted by Crippen LogP contribution is -2.27. The van der Waals surface area contributed by atoms with Crippen LogP contribution in [0.2, 0.25) is 0 Å². The number of ether oxygens (including phenoxy) is 1. The highest BCUT2D eigenvalue weighted by Gasteiger charge is 2.34. The molecule has 0 bridgehead atoms. The lowest BCUT2D eigenvalue weighted by Gasteiger charge is -2.25. The summed E-state index contributed by atoms with van der Waals surface area (Å²) in [6.07, 6.45) is 0. The van der Waals surface area contributed by atoms with Crippen LogP contribution in [0, 0.1) is 6.92 Å². The fourth-order valence-corrected chi connectivity index (χ4v) is 4.66. The SMILES string of the molecule is COc1ccc(N2C(=O)CSC2c2cccc(NC(=O)c3ccccc3C)c2)cc1. The van der Waals surface area contributed by atoms with E-state index in [4.69, 9.17) is 4.74 Å². The van der Waals surface area contributed by atoms with Gasteiger partial charge < -0.3 is 10.1 Å². The van der Waals surface area contributed by atoms with E-state index in [1.165, 1.54) is 0 Å². The number of hydrogen-bond donors (Lipinski definition) is 1. The molecule has 1 N–H and O–H groups in total. The number of anilines is 2. The zero-order valence-corrected chi connectivity index (χ0v) is 17.6. The van der Waals surface area contributed by atoms with Crippen LogP contribution in [0.1, 0.15) is 26.9 Å². The molecule has 4 rings (SSSR count). The first-order valence-corrected chi connectivity index (χ1v) is 10.7. The molecule has 2 amide bonds. The van der Waals surface area contributed by atoms with Crippen LogP contribution in [0.4, 0.5) is 11.4 Å². The average Bonchev–Trinajstić information content (AvgIpc) is 3.15. The molecule has 6 heteroatoms. The molecule has 0 saturated carbocycles. The molecule has 1 aliphatic heterocycles. The first-order valence-electron chi connectivity index (χ1n) is 9.61. The van der Waals surface area contributed by atoms with Crippen LogP contribution in [-0.4, -0.2) is 24.7 Å². The molecule has 3 aromatic rings. The number of carbonyl (C=O) groups excluding carboxylic acids is 2. The maximum Gasteiger partial charge on any atom is 0.255 e. The van der Waals surface area contributed by atoms with Crippen molar-refractivity contribution in [2.75, 3.05) is 23.1 Å². The molecule has 1 aliphatic rings. The van der Waals surface area contributed by atoms with Gasteiger partial charge >= 0.3 is 0 Å². The molecular formula is C24H22N2O3S. The zero-order valence-electron chi connectivity index (χ0n) is 16.8. The molecular weight excluding hydrogens is 396 g/mol. The second kappa shape index (κ2) is 8.63. The molecule has 5 nitrogen and oxygen atoms in total. The highest BCUT2D eigenvalue weighted by atomic mass is 32.2. The molecule has 1 saturated heterocycles. The molecule has 30 heavy (non-hydrogen) atoms. The van der Waals surface area contributed by atoms with E-state index in [0.29, 0.717) is 17.0 Å². The summed E-state index contributed by atoms with van der Waals surface area (Å²) in [6.45, 7) is 1.92. The van der Waals surface area contributed by atoms with Crippen LogP contribution in [0.5, 0.6) is 5.75 Å². The van der Waals surface area contributed by atoms with Gasteiger partial charge in [0, 0.05) is 16.9 Å². The van der Waals surface area contributed by atoms with Gasteiger partial charge in [0.2, 0.25) is 5.91 Å². The minimum absolute atomic E-state index is 0.0597. The second-order valence-electron chi connectivity index (χ2n) is 7.02. The predicted molar refractivity (Wildman–Crippen MR) is 121 cm³/mol. The Labute approximate surface area is 180 Å². The van der Waals surface area contributed by atoms with Gasteiger partial charge in [-0.2, -0.15) is 0 Å². The molecule has 0 radical (unpaired) electrons. The summed E-state index contributed by atoms with van der Waals surface area (Å²) in [7, 11) is 1.62. The Morgan fingerprint density at radius 1 is 1.07 bits per heavy atom. The summed E-state index contributed by atoms with van der Waals surface area (Å²) >= 11 is 1.58. The van der Waals surface area contributed by atoms with Gasteiger partial charge in [-0.25, -0.2) is 0 Å². The number of methoxy groups -OCH3 is 1. The fourth-order valence-electron chi connectivity index (χ4n) is 3.49. The topological polar surface area (TPSA) is 58.6 Å². The van der Waals surface area contributed by atoms with Crippen LogP contribution in [0.15, 0.2) is 72.8 Å². The standard InChI is InChI=1S/C24H22N2O3S/c1-16-6-3-4-9-21(16)23(28)25-18-8-5-7-17(14-18)24-26(22(27)15-30-24)19-10-12-20(29-2)13-11-19/h3-14,24H,15H2,1-2H3,(H,25,28). The van der Waals surface area contributed by atoms with E-state index in [1.807, 2.05) is 79.7 Å². The van der Waals surface area contributed by atoms with Gasteiger partial charge in [0.1, 0.15) is 11.1 Å². The summed E-state index contributed by atoms with van der Waals surface area (Å²) in [5, 5.41) is 2.82. The van der Waals surface area contributed by atoms with Crippen molar-refractivity contribution in [3.05, 3.63) is 89.5 Å². The number of benzene rings is 3. The Morgan fingerprint density at radius 3 is 2.57 bits per heavy atom. The number of nitrogens with zero attached hydrogens (tertiary/aromatic N) is 1. The smallest absolute Gasteiger partial charge is 0.255 e. The minimum Gasteiger partial charge on any atom is -0.497 e. The Hall–Kier alpha value is -3.25. The number of hydrogen-bond acceptors (Lipinski definition) is 4. The Balaban J connectivity index is 1.58. The maximum atomic E-state index is 12.7. The van der Waals surface area contributed by atoms with E-state index in [-0.39, 0.29) is 17.2 Å². The molecule has 1 atom stereocenters. The van der Waals surface area contributed by atoms with Gasteiger partial charge in [0.15, 0.2) is 0 Å². The number of rotatable bonds is 5. The number of amides is 2. The summed E-state index contributed by atoms with van der Waals surface area (Å²) in [5.41, 5.74) is 4.06. The van der Waals surface area contributed by atoms with Gasteiger partial charge in [0.25, 0.3) is 5.91 Å². The molecule has 0 aromatic heterocycles. The van der Waals surface area contributed by atoms with E-state index < -0.39 is 0 Å². The predicted octanol–water partition coefficient (Wildman–Crippen LogP) is 5.03. The van der Waals surface area contributed by atoms with Crippen LogP contribution >= 0.6 is 11.8 Å². The van der Waals surface area contributed by atoms with Crippen LogP contribution < -0.4 is 15.0 Å². The van der Waals surface area contributed by atoms with E-state index >= 15 is 0 Å². The van der Waals surface area contributed by atoms with Crippen LogP contribution in [-0.2, 0) is 4.79 Å². The second-order valence-corrected chi connectivity index (χ2v) is 8.09. The van der Waals surface area contributed by atoms with Gasteiger partial charge in [-0.05, 0) is 60.5 Å². The van der Waals surface area contributed by atoms with Crippen molar-refractivity contribution in [1.82, 2.24) is 0 Å². The van der Waals surface area contributed by atoms with Gasteiger partial charge in [0.05, 0.1) is 12.9 Å². The third kappa shape index (κ3) is 4.04. The van der Waals surface area contributed by atoms with Crippen molar-refractivity contribution < 1.29 is 14.3 Å². The summed E-state index contributed by atoms with van der Waals surface area (Å²) in [6, 6.07) is 22.6. The Bertz CT molecular complexity index is 1080. The summed E-state index contributed by atoms with van der Waals surface area (Å²) in [5.74, 6) is 1.07. The van der Waals surface area contributed by atoms with Crippen LogP contribution in [0.3, 0.4) is 0 Å². The van der Waals surface area contributed by atoms with E-state index in [2.05, 4.69) is 5.32 Å². The molecule has 1 heterocycles. The molecule has 1 fully saturated rings. The summed E-state index contributed by atoms with van der Waals surface area (Å²) < 4.78 is 5.22. The number of aryl methyl sites for hydroxylation is 1. The third-order valence-corrected chi connectivity index (χ3v) is 6.25. The lowest BCUT2D eigenvalue weighted by atomic mass is 10.1. The van der Waals surface area contributed by atoms with Crippen LogP contribution in [0.25, 0.3) is 0 Å². The van der Waals surface area contributed by atoms with Gasteiger partial charge in [-0.3, -0.25) is 14.5 Å². The van der Waals surface area contributed by atoms with Crippen molar-refractivity contribution in [2.45, 2.75) is 12.3 Å². The number of nitrogens with one attached hydrogen (secondary N) is 1. The summed E-state index contributed by atoms with van der Waals surface area (Å²) in [4.78, 5) is 27.1. The largest absolute Gasteiger partial charge is 0.497 e. The molecule has 0 aliphatic carbocycles. The van der Waals surface area contributed by atoms with Crippen molar-refractivity contribution in [1.29, 1.82) is 0 Å². The third-order valence-electron chi connectivity index (χ3n) is 5.04. The quantitative estimate of drug-likeness (QED) is 0.631. The highest BCUT2D eigenvalue weighted by molar-refractivity contribution is 8.00. The molecule has 1 unspecified atom stereocenters. The first-order chi connectivity index (χ1) is 14.6. The van der Waals surface area contributed by atoms with Crippen molar-refractivity contribution >= 4 is 35.0 Å². The molecule has 0 spiro atoms. The zero-order chi connectivity index (χ0) is 21.1. The van der Waals surface area contributed by atoms with Crippen molar-refractivity contribution in [3.8, 4) is 5.75 Å². The maximum absolute atomic E-state index is 12.7. The minimum atomic E-state index is -0.152. The molecule has 152 valence electrons. The fraction of sp³-hybridized carbons (Fsp3) is 0.167. The van der Waals surface area contributed by atoms with E-state index in [9.17, 15) is 9.59 Å². The molecule has 3 aromatic carbocycles. The van der Waals surface area contributed by atoms with E-state index in [0.717, 1.165) is 22.6 Å². The van der Waals surface area contributed by atoms with Crippen molar-refractivity contribution in [3.63, 3.8) is 0 Å². The van der Waals surface area contributed by atoms with Gasteiger partial charge in [-0.15, -0.1) is 11.8 Å². The highest BCUT2D eigenvalue weighted by Crippen LogP contribution is 2.42. The normalized spacial score (nSPS) is 15.9.